The van der Waals surface area contributed by atoms with E-state index in [9.17, 15) is 0 Å². The summed E-state index contributed by atoms with van der Waals surface area (Å²) in [5, 5.41) is 11.6. The van der Waals surface area contributed by atoms with Crippen molar-refractivity contribution in [2.24, 2.45) is 0 Å². The first-order chi connectivity index (χ1) is 17.3. The third kappa shape index (κ3) is 5.20. The zero-order valence-electron chi connectivity index (χ0n) is 21.7. The molecule has 0 radical (unpaired) electrons. The third-order valence-electron chi connectivity index (χ3n) is 6.75. The molecule has 7 heteroatoms. The largest absolute Gasteiger partial charge is 0.376 e. The Hall–Kier alpha value is -3.87. The van der Waals surface area contributed by atoms with Gasteiger partial charge in [-0.3, -0.25) is 10.1 Å². The Morgan fingerprint density at radius 3 is 2.58 bits per heavy atom. The number of H-pyrrole nitrogens is 1. The van der Waals surface area contributed by atoms with Gasteiger partial charge in [0.1, 0.15) is 11.5 Å². The predicted octanol–water partition coefficient (Wildman–Crippen LogP) is 6.24. The second-order valence-electron chi connectivity index (χ2n) is 9.46. The molecule has 0 saturated carbocycles. The molecule has 1 fully saturated rings. The lowest BCUT2D eigenvalue weighted by Crippen LogP contribution is -2.30. The lowest BCUT2D eigenvalue weighted by molar-refractivity contribution is 0.289. The van der Waals surface area contributed by atoms with E-state index in [0.29, 0.717) is 28.0 Å². The average molecular weight is 487 g/mol. The topological polar surface area (TPSA) is 60.1 Å². The van der Waals surface area contributed by atoms with Crippen LogP contribution in [0.3, 0.4) is 0 Å². The van der Waals surface area contributed by atoms with Gasteiger partial charge in [0, 0.05) is 67.4 Å². The first-order valence-electron chi connectivity index (χ1n) is 12.3. The van der Waals surface area contributed by atoms with Crippen LogP contribution in [0.25, 0.3) is 27.7 Å². The lowest BCUT2D eigenvalue weighted by atomic mass is 10.0. The number of piperidine rings is 1. The summed E-state index contributed by atoms with van der Waals surface area (Å²) in [4.78, 5) is 8.66. The van der Waals surface area contributed by atoms with Crippen molar-refractivity contribution >= 4 is 22.3 Å². The van der Waals surface area contributed by atoms with E-state index >= 15 is 4.39 Å². The monoisotopic (exact) mass is 486 g/mol. The highest BCUT2D eigenvalue weighted by molar-refractivity contribution is 5.93. The molecular formula is C29H35FN6. The number of aromatic amines is 1. The van der Waals surface area contributed by atoms with Crippen molar-refractivity contribution in [2.45, 2.75) is 33.1 Å². The molecule has 1 saturated heterocycles. The molecule has 1 aliphatic rings. The van der Waals surface area contributed by atoms with Gasteiger partial charge < -0.3 is 15.1 Å². The maximum Gasteiger partial charge on any atom is 0.133 e. The second-order valence-corrected chi connectivity index (χ2v) is 9.46. The highest BCUT2D eigenvalue weighted by atomic mass is 19.1. The molecule has 1 aromatic carbocycles. The van der Waals surface area contributed by atoms with Gasteiger partial charge >= 0.3 is 0 Å². The van der Waals surface area contributed by atoms with Gasteiger partial charge in [-0.1, -0.05) is 19.2 Å². The summed E-state index contributed by atoms with van der Waals surface area (Å²) in [6.07, 6.45) is 11.0. The number of nitrogens with zero attached hydrogens (tertiary/aromatic N) is 4. The van der Waals surface area contributed by atoms with E-state index in [4.69, 9.17) is 0 Å². The number of benzene rings is 1. The molecule has 4 rings (SSSR count). The Morgan fingerprint density at radius 1 is 1.14 bits per heavy atom. The van der Waals surface area contributed by atoms with Crippen LogP contribution in [0.5, 0.6) is 0 Å². The normalized spacial score (nSPS) is 15.0. The summed E-state index contributed by atoms with van der Waals surface area (Å²) in [5.74, 6) is -0.332. The van der Waals surface area contributed by atoms with Gasteiger partial charge in [-0.05, 0) is 56.9 Å². The molecule has 188 valence electrons. The van der Waals surface area contributed by atoms with E-state index in [0.717, 1.165) is 35.4 Å². The summed E-state index contributed by atoms with van der Waals surface area (Å²) in [5.41, 5.74) is 7.29. The highest BCUT2D eigenvalue weighted by Gasteiger charge is 2.18. The number of nitrogens with one attached hydrogen (secondary N) is 2. The fraction of sp³-hybridized carbons (Fsp3) is 0.310. The van der Waals surface area contributed by atoms with E-state index in [1.54, 1.807) is 12.4 Å². The number of allylic oxidation sites excluding steroid dienone is 4. The molecule has 3 aromatic rings. The van der Waals surface area contributed by atoms with E-state index in [1.807, 2.05) is 44.1 Å². The van der Waals surface area contributed by atoms with E-state index in [-0.39, 0.29) is 5.82 Å². The molecule has 2 N–H and O–H groups in total. The maximum atomic E-state index is 15.0. The van der Waals surface area contributed by atoms with Crippen molar-refractivity contribution in [1.82, 2.24) is 25.4 Å². The minimum atomic E-state index is -0.332. The number of hydrogen-bond acceptors (Lipinski definition) is 5. The number of halogens is 1. The zero-order chi connectivity index (χ0) is 25.8. The van der Waals surface area contributed by atoms with Crippen LogP contribution in [0.2, 0.25) is 0 Å². The van der Waals surface area contributed by atoms with Crippen molar-refractivity contribution < 1.29 is 4.39 Å². The van der Waals surface area contributed by atoms with Gasteiger partial charge in [0.2, 0.25) is 0 Å². The van der Waals surface area contributed by atoms with Crippen LogP contribution in [0.4, 0.5) is 10.1 Å². The molecule has 1 aliphatic heterocycles. The van der Waals surface area contributed by atoms with Gasteiger partial charge in [-0.15, -0.1) is 0 Å². The van der Waals surface area contributed by atoms with E-state index < -0.39 is 0 Å². The molecule has 2 aromatic heterocycles. The minimum Gasteiger partial charge on any atom is -0.376 e. The van der Waals surface area contributed by atoms with Crippen molar-refractivity contribution in [1.29, 1.82) is 0 Å². The Kier molecular flexibility index (Phi) is 7.58. The molecule has 0 aliphatic carbocycles. The number of anilines is 1. The first-order valence-corrected chi connectivity index (χ1v) is 12.3. The number of pyridine rings is 1. The third-order valence-corrected chi connectivity index (χ3v) is 6.75. The predicted molar refractivity (Wildman–Crippen MR) is 148 cm³/mol. The summed E-state index contributed by atoms with van der Waals surface area (Å²) in [6.45, 7) is 14.4. The molecule has 0 amide bonds. The smallest absolute Gasteiger partial charge is 0.133 e. The van der Waals surface area contributed by atoms with Crippen LogP contribution >= 0.6 is 0 Å². The van der Waals surface area contributed by atoms with Crippen LogP contribution in [-0.2, 0) is 0 Å². The van der Waals surface area contributed by atoms with Crippen LogP contribution in [0, 0.1) is 5.82 Å². The van der Waals surface area contributed by atoms with Crippen LogP contribution in [0.15, 0.2) is 72.9 Å². The fourth-order valence-electron chi connectivity index (χ4n) is 4.59. The van der Waals surface area contributed by atoms with Crippen molar-refractivity contribution in [3.05, 3.63) is 84.4 Å². The van der Waals surface area contributed by atoms with Crippen LogP contribution in [-0.4, -0.2) is 47.3 Å². The quantitative estimate of drug-likeness (QED) is 0.369. The second kappa shape index (κ2) is 10.8. The number of hydrogen-bond donors (Lipinski definition) is 2. The molecule has 0 atom stereocenters. The van der Waals surface area contributed by atoms with Gasteiger partial charge in [-0.2, -0.15) is 5.10 Å². The van der Waals surface area contributed by atoms with Crippen molar-refractivity contribution in [3.8, 4) is 11.1 Å². The standard InChI is InChI=1S/C29H35FN6/c1-7-11-28(36-12-9-8-10-13-36)19(2)20(3)32-21(4)29-25-15-24(26(30)16-27(25)33-34-29)22-14-23(35(5)6)18-31-17-22/h7,11,14-18,32H,1,4,8-10,12-13H2,2-3,5-6H3,(H,33,34)/b20-19+,28-11+. The number of aromatic nitrogens is 3. The van der Waals surface area contributed by atoms with Crippen molar-refractivity contribution in [2.75, 3.05) is 32.1 Å². The molecule has 36 heavy (non-hydrogen) atoms. The fourth-order valence-corrected chi connectivity index (χ4v) is 4.59. The first kappa shape index (κ1) is 25.2. The molecule has 0 bridgehead atoms. The minimum absolute atomic E-state index is 0.332. The molecule has 6 nitrogen and oxygen atoms in total. The molecule has 0 spiro atoms. The lowest BCUT2D eigenvalue weighted by Gasteiger charge is -2.32. The maximum absolute atomic E-state index is 15.0. The van der Waals surface area contributed by atoms with E-state index in [1.165, 1.54) is 31.0 Å². The van der Waals surface area contributed by atoms with Crippen LogP contribution in [0.1, 0.15) is 38.8 Å². The Balaban J connectivity index is 1.66. The number of rotatable bonds is 8. The number of fused-ring (bicyclic) bond motifs is 1. The summed E-state index contributed by atoms with van der Waals surface area (Å²) < 4.78 is 15.0. The zero-order valence-corrected chi connectivity index (χ0v) is 21.7. The SMILES string of the molecule is C=C/C=C(\C(C)=C(/C)NC(=C)c1n[nH]c2cc(F)c(-c3cncc(N(C)C)c3)cc12)N1CCCCC1. The highest BCUT2D eigenvalue weighted by Crippen LogP contribution is 2.32. The molecule has 0 unspecified atom stereocenters. The Morgan fingerprint density at radius 2 is 1.89 bits per heavy atom. The summed E-state index contributed by atoms with van der Waals surface area (Å²) in [7, 11) is 3.87. The Labute approximate surface area is 212 Å². The van der Waals surface area contributed by atoms with Crippen molar-refractivity contribution in [3.63, 3.8) is 0 Å². The van der Waals surface area contributed by atoms with Gasteiger partial charge in [0.15, 0.2) is 0 Å². The average Bonchev–Trinajstić information content (AvgIpc) is 3.29. The molecular weight excluding hydrogens is 451 g/mol. The Bertz CT molecular complexity index is 1340. The summed E-state index contributed by atoms with van der Waals surface area (Å²) >= 11 is 0. The molecule has 3 heterocycles. The van der Waals surface area contributed by atoms with Gasteiger partial charge in [0.25, 0.3) is 0 Å². The van der Waals surface area contributed by atoms with Crippen LogP contribution < -0.4 is 10.2 Å². The van der Waals surface area contributed by atoms with E-state index in [2.05, 4.69) is 51.6 Å². The van der Waals surface area contributed by atoms with Gasteiger partial charge in [-0.25, -0.2) is 4.39 Å². The van der Waals surface area contributed by atoms with Gasteiger partial charge in [0.05, 0.1) is 23.1 Å². The number of likely N-dealkylation sites (tertiary alicyclic amines) is 1. The summed E-state index contributed by atoms with van der Waals surface area (Å²) in [6, 6.07) is 5.22.